The molecule has 174 valence electrons. The van der Waals surface area contributed by atoms with Crippen LogP contribution in [0.4, 0.5) is 4.39 Å². The lowest BCUT2D eigenvalue weighted by Crippen LogP contribution is -2.36. The van der Waals surface area contributed by atoms with Gasteiger partial charge in [-0.25, -0.2) is 9.37 Å². The zero-order valence-corrected chi connectivity index (χ0v) is 19.4. The highest BCUT2D eigenvalue weighted by Crippen LogP contribution is 2.40. The summed E-state index contributed by atoms with van der Waals surface area (Å²) in [5.41, 5.74) is 3.95. The molecule has 0 aliphatic heterocycles. The Bertz CT molecular complexity index is 1240. The van der Waals surface area contributed by atoms with E-state index in [-0.39, 0.29) is 5.82 Å². The number of hydrogen-bond acceptors (Lipinski definition) is 2. The van der Waals surface area contributed by atoms with Crippen LogP contribution in [0, 0.1) is 5.82 Å². The third kappa shape index (κ3) is 4.73. The maximum absolute atomic E-state index is 13.1. The van der Waals surface area contributed by atoms with Gasteiger partial charge in [0.15, 0.2) is 0 Å². The lowest BCUT2D eigenvalue weighted by Gasteiger charge is -2.37. The van der Waals surface area contributed by atoms with Gasteiger partial charge in [-0.1, -0.05) is 91.0 Å². The molecule has 35 heavy (non-hydrogen) atoms. The van der Waals surface area contributed by atoms with Gasteiger partial charge >= 0.3 is 0 Å². The largest absolute Gasteiger partial charge is 0.494 e. The number of hydrogen-bond donors (Lipinski definition) is 0. The molecule has 0 fully saturated rings. The van der Waals surface area contributed by atoms with Crippen LogP contribution in [0.3, 0.4) is 0 Å². The Hall–Kier alpha value is -4.18. The second-order valence-electron chi connectivity index (χ2n) is 8.49. The van der Waals surface area contributed by atoms with E-state index in [0.29, 0.717) is 12.4 Å². The second-order valence-corrected chi connectivity index (χ2v) is 8.49. The lowest BCUT2D eigenvalue weighted by molar-refractivity contribution is 0.310. The van der Waals surface area contributed by atoms with Crippen LogP contribution < -0.4 is 4.74 Å². The minimum Gasteiger partial charge on any atom is -0.494 e. The topological polar surface area (TPSA) is 27.1 Å². The Morgan fingerprint density at radius 2 is 1.20 bits per heavy atom. The van der Waals surface area contributed by atoms with E-state index in [1.54, 1.807) is 12.1 Å². The molecule has 1 heterocycles. The molecule has 0 saturated carbocycles. The van der Waals surface area contributed by atoms with Crippen molar-refractivity contribution in [3.05, 3.63) is 156 Å². The molecular formula is C31H27FN2O. The number of halogens is 1. The van der Waals surface area contributed by atoms with Gasteiger partial charge in [0.05, 0.1) is 18.6 Å². The highest BCUT2D eigenvalue weighted by molar-refractivity contribution is 5.50. The van der Waals surface area contributed by atoms with E-state index in [1.807, 2.05) is 24.5 Å². The summed E-state index contributed by atoms with van der Waals surface area (Å²) in [5, 5.41) is 0. The summed E-state index contributed by atoms with van der Waals surface area (Å²) in [6.45, 7) is 0.541. The van der Waals surface area contributed by atoms with Crippen LogP contribution in [0.1, 0.15) is 28.8 Å². The lowest BCUT2D eigenvalue weighted by atomic mass is 9.77. The predicted molar refractivity (Wildman–Crippen MR) is 137 cm³/mol. The van der Waals surface area contributed by atoms with Crippen molar-refractivity contribution in [3.8, 4) is 5.75 Å². The Kier molecular flexibility index (Phi) is 6.71. The molecule has 3 nitrogen and oxygen atoms in total. The molecule has 0 atom stereocenters. The van der Waals surface area contributed by atoms with Gasteiger partial charge in [-0.05, 0) is 53.8 Å². The first-order chi connectivity index (χ1) is 17.3. The molecule has 0 bridgehead atoms. The van der Waals surface area contributed by atoms with Gasteiger partial charge < -0.3 is 9.30 Å². The van der Waals surface area contributed by atoms with Crippen LogP contribution in [0.25, 0.3) is 0 Å². The SMILES string of the molecule is Fc1ccc(OCCCc2cn(C(c3ccccc3)(c3ccccc3)c3ccccc3)cn2)cc1. The van der Waals surface area contributed by atoms with Crippen LogP contribution in [0.15, 0.2) is 128 Å². The fraction of sp³-hybridized carbons (Fsp3) is 0.129. The first-order valence-corrected chi connectivity index (χ1v) is 11.8. The van der Waals surface area contributed by atoms with Gasteiger partial charge in [0.25, 0.3) is 0 Å². The number of aryl methyl sites for hydroxylation is 1. The number of rotatable bonds is 9. The number of nitrogens with zero attached hydrogens (tertiary/aromatic N) is 2. The van der Waals surface area contributed by atoms with E-state index in [2.05, 4.69) is 83.6 Å². The molecule has 5 rings (SSSR count). The molecule has 0 spiro atoms. The highest BCUT2D eigenvalue weighted by atomic mass is 19.1. The molecule has 1 aromatic heterocycles. The number of benzene rings is 4. The van der Waals surface area contributed by atoms with Crippen LogP contribution in [0.5, 0.6) is 5.75 Å². The van der Waals surface area contributed by atoms with E-state index in [4.69, 9.17) is 9.72 Å². The smallest absolute Gasteiger partial charge is 0.123 e. The van der Waals surface area contributed by atoms with Gasteiger partial charge in [0.2, 0.25) is 0 Å². The fourth-order valence-electron chi connectivity index (χ4n) is 4.64. The summed E-state index contributed by atoms with van der Waals surface area (Å²) >= 11 is 0. The highest BCUT2D eigenvalue weighted by Gasteiger charge is 2.38. The maximum Gasteiger partial charge on any atom is 0.123 e. The van der Waals surface area contributed by atoms with Crippen molar-refractivity contribution in [1.82, 2.24) is 9.55 Å². The molecule has 4 heteroatoms. The van der Waals surface area contributed by atoms with Crippen molar-refractivity contribution in [2.24, 2.45) is 0 Å². The molecule has 0 aliphatic rings. The zero-order valence-electron chi connectivity index (χ0n) is 19.4. The van der Waals surface area contributed by atoms with Crippen molar-refractivity contribution in [3.63, 3.8) is 0 Å². The molecule has 5 aromatic rings. The standard InChI is InChI=1S/C31H27FN2O/c32-28-18-20-30(21-19-28)35-22-10-17-29-23-34(24-33-29)31(25-11-4-1-5-12-25,26-13-6-2-7-14-26)27-15-8-3-9-16-27/h1-9,11-16,18-21,23-24H,10,17,22H2. The van der Waals surface area contributed by atoms with Crippen molar-refractivity contribution >= 4 is 0 Å². The van der Waals surface area contributed by atoms with Gasteiger partial charge in [-0.2, -0.15) is 0 Å². The Labute approximate surface area is 205 Å². The van der Waals surface area contributed by atoms with Gasteiger partial charge in [0, 0.05) is 6.20 Å². The van der Waals surface area contributed by atoms with E-state index < -0.39 is 5.54 Å². The number of imidazole rings is 1. The van der Waals surface area contributed by atoms with Gasteiger partial charge in [0.1, 0.15) is 17.1 Å². The summed E-state index contributed by atoms with van der Waals surface area (Å²) in [6, 6.07) is 37.8. The Morgan fingerprint density at radius 3 is 1.71 bits per heavy atom. The zero-order chi connectivity index (χ0) is 23.9. The first kappa shape index (κ1) is 22.6. The van der Waals surface area contributed by atoms with Crippen molar-refractivity contribution in [1.29, 1.82) is 0 Å². The van der Waals surface area contributed by atoms with E-state index in [0.717, 1.165) is 18.5 Å². The summed E-state index contributed by atoms with van der Waals surface area (Å²) in [4.78, 5) is 4.77. The second kappa shape index (κ2) is 10.4. The van der Waals surface area contributed by atoms with Crippen LogP contribution in [-0.4, -0.2) is 16.2 Å². The third-order valence-electron chi connectivity index (χ3n) is 6.26. The quantitative estimate of drug-likeness (QED) is 0.176. The van der Waals surface area contributed by atoms with Crippen LogP contribution in [-0.2, 0) is 12.0 Å². The van der Waals surface area contributed by atoms with Crippen LogP contribution >= 0.6 is 0 Å². The van der Waals surface area contributed by atoms with Crippen LogP contribution in [0.2, 0.25) is 0 Å². The minimum atomic E-state index is -0.556. The van der Waals surface area contributed by atoms with E-state index in [9.17, 15) is 4.39 Å². The van der Waals surface area contributed by atoms with E-state index in [1.165, 1.54) is 28.8 Å². The normalized spacial score (nSPS) is 11.3. The number of aromatic nitrogens is 2. The number of ether oxygens (including phenoxy) is 1. The average Bonchev–Trinajstić information content (AvgIpc) is 3.39. The average molecular weight is 463 g/mol. The molecule has 0 N–H and O–H groups in total. The van der Waals surface area contributed by atoms with Gasteiger partial charge in [-0.3, -0.25) is 0 Å². The van der Waals surface area contributed by atoms with Crippen molar-refractivity contribution < 1.29 is 9.13 Å². The summed E-state index contributed by atoms with van der Waals surface area (Å²) in [6.07, 6.45) is 5.67. The predicted octanol–water partition coefficient (Wildman–Crippen LogP) is 6.87. The Balaban J connectivity index is 1.47. The maximum atomic E-state index is 13.1. The minimum absolute atomic E-state index is 0.262. The summed E-state index contributed by atoms with van der Waals surface area (Å²) in [5.74, 6) is 0.412. The molecule has 4 aromatic carbocycles. The monoisotopic (exact) mass is 462 g/mol. The molecule has 0 saturated heterocycles. The summed E-state index contributed by atoms with van der Waals surface area (Å²) < 4.78 is 21.1. The van der Waals surface area contributed by atoms with Gasteiger partial charge in [-0.15, -0.1) is 0 Å². The molecular weight excluding hydrogens is 435 g/mol. The molecule has 0 radical (unpaired) electrons. The molecule has 0 aliphatic carbocycles. The fourth-order valence-corrected chi connectivity index (χ4v) is 4.64. The Morgan fingerprint density at radius 1 is 0.686 bits per heavy atom. The molecule has 0 amide bonds. The summed E-state index contributed by atoms with van der Waals surface area (Å²) in [7, 11) is 0. The first-order valence-electron chi connectivity index (χ1n) is 11.8. The van der Waals surface area contributed by atoms with Crippen molar-refractivity contribution in [2.45, 2.75) is 18.4 Å². The molecule has 0 unspecified atom stereocenters. The van der Waals surface area contributed by atoms with Crippen molar-refractivity contribution in [2.75, 3.05) is 6.61 Å². The third-order valence-corrected chi connectivity index (χ3v) is 6.26. The van der Waals surface area contributed by atoms with E-state index >= 15 is 0 Å².